The summed E-state index contributed by atoms with van der Waals surface area (Å²) in [6.07, 6.45) is -0.600. The second-order valence-electron chi connectivity index (χ2n) is 9.08. The van der Waals surface area contributed by atoms with E-state index < -0.39 is 48.6 Å². The number of aliphatic carboxylic acids is 1. The summed E-state index contributed by atoms with van der Waals surface area (Å²) in [5.74, 6) is -4.87. The van der Waals surface area contributed by atoms with Crippen molar-refractivity contribution in [2.24, 2.45) is 13.0 Å². The number of amides is 1. The zero-order chi connectivity index (χ0) is 28.9. The van der Waals surface area contributed by atoms with E-state index in [0.717, 1.165) is 16.5 Å². The van der Waals surface area contributed by atoms with E-state index in [1.807, 2.05) is 31.2 Å². The summed E-state index contributed by atoms with van der Waals surface area (Å²) >= 11 is 12.0. The minimum Gasteiger partial charge on any atom is -0.481 e. The highest BCUT2D eigenvalue weighted by molar-refractivity contribution is 6.39. The summed E-state index contributed by atoms with van der Waals surface area (Å²) in [6, 6.07) is 10.5. The summed E-state index contributed by atoms with van der Waals surface area (Å²) < 4.78 is 6.79. The van der Waals surface area contributed by atoms with Gasteiger partial charge in [-0.25, -0.2) is 4.79 Å². The number of hydrogen-bond donors (Lipinski definition) is 2. The van der Waals surface area contributed by atoms with E-state index in [0.29, 0.717) is 5.69 Å². The smallest absolute Gasteiger partial charge is 0.341 e. The Morgan fingerprint density at radius 2 is 1.64 bits per heavy atom. The van der Waals surface area contributed by atoms with Gasteiger partial charge in [-0.2, -0.15) is 0 Å². The van der Waals surface area contributed by atoms with Gasteiger partial charge in [0, 0.05) is 30.3 Å². The fourth-order valence-corrected chi connectivity index (χ4v) is 4.99. The van der Waals surface area contributed by atoms with Gasteiger partial charge in [0.25, 0.3) is 0 Å². The molecule has 0 fully saturated rings. The summed E-state index contributed by atoms with van der Waals surface area (Å²) in [5.41, 5.74) is 2.02. The van der Waals surface area contributed by atoms with Gasteiger partial charge >= 0.3 is 11.9 Å². The number of nitrogens with one attached hydrogen (secondary N) is 1. The van der Waals surface area contributed by atoms with Crippen molar-refractivity contribution >= 4 is 63.5 Å². The molecule has 3 aromatic rings. The van der Waals surface area contributed by atoms with Gasteiger partial charge in [0.1, 0.15) is 6.04 Å². The largest absolute Gasteiger partial charge is 0.481 e. The number of ketones is 2. The first-order valence-corrected chi connectivity index (χ1v) is 12.9. The number of aryl methyl sites for hydroxylation is 2. The van der Waals surface area contributed by atoms with E-state index in [1.54, 1.807) is 18.5 Å². The molecule has 1 amide bonds. The topological polar surface area (TPSA) is 132 Å². The predicted molar refractivity (Wildman–Crippen MR) is 146 cm³/mol. The SMILES string of the molecule is CCC(CC(=O)c1c(C)c2ccccc2n1C)C(=O)N[C@@H](CC(=O)O)C(=O)COC(=O)c1c(Cl)cccc1Cl. The van der Waals surface area contributed by atoms with E-state index >= 15 is 0 Å². The molecule has 0 aliphatic rings. The van der Waals surface area contributed by atoms with E-state index in [4.69, 9.17) is 27.9 Å². The van der Waals surface area contributed by atoms with Crippen molar-refractivity contribution in [1.82, 2.24) is 9.88 Å². The lowest BCUT2D eigenvalue weighted by Crippen LogP contribution is -2.46. The number of carboxylic acid groups (broad SMARTS) is 1. The van der Waals surface area contributed by atoms with Gasteiger partial charge in [0.2, 0.25) is 5.91 Å². The number of benzene rings is 2. The molecule has 11 heteroatoms. The summed E-state index contributed by atoms with van der Waals surface area (Å²) in [5, 5.41) is 12.7. The number of ether oxygens (including phenoxy) is 1. The van der Waals surface area contributed by atoms with Crippen LogP contribution < -0.4 is 5.32 Å². The number of aromatic nitrogens is 1. The average molecular weight is 575 g/mol. The maximum absolute atomic E-state index is 13.3. The number of esters is 1. The number of fused-ring (bicyclic) bond motifs is 1. The Morgan fingerprint density at radius 3 is 2.23 bits per heavy atom. The van der Waals surface area contributed by atoms with E-state index in [-0.39, 0.29) is 34.2 Å². The fraction of sp³-hybridized carbons (Fsp3) is 0.321. The van der Waals surface area contributed by atoms with Crippen molar-refractivity contribution < 1.29 is 33.8 Å². The number of carbonyl (C=O) groups excluding carboxylic acids is 4. The molecule has 2 aromatic carbocycles. The monoisotopic (exact) mass is 574 g/mol. The number of carbonyl (C=O) groups is 5. The molecule has 0 bridgehead atoms. The van der Waals surface area contributed by atoms with Gasteiger partial charge in [-0.15, -0.1) is 0 Å². The number of carboxylic acids is 1. The average Bonchev–Trinajstić information content (AvgIpc) is 3.14. The molecule has 39 heavy (non-hydrogen) atoms. The molecule has 0 radical (unpaired) electrons. The lowest BCUT2D eigenvalue weighted by atomic mass is 9.95. The van der Waals surface area contributed by atoms with Gasteiger partial charge in [0.05, 0.1) is 27.7 Å². The molecule has 3 rings (SSSR count). The summed E-state index contributed by atoms with van der Waals surface area (Å²) in [7, 11) is 1.78. The highest BCUT2D eigenvalue weighted by Gasteiger charge is 2.30. The third-order valence-corrected chi connectivity index (χ3v) is 7.15. The highest BCUT2D eigenvalue weighted by Crippen LogP contribution is 2.27. The fourth-order valence-electron chi connectivity index (χ4n) is 4.43. The number of halogens is 2. The minimum atomic E-state index is -1.48. The Labute approximate surface area is 235 Å². The van der Waals surface area contributed by atoms with E-state index in [9.17, 15) is 29.1 Å². The Hall–Kier alpha value is -3.69. The predicted octanol–water partition coefficient (Wildman–Crippen LogP) is 4.78. The molecule has 2 N–H and O–H groups in total. The van der Waals surface area contributed by atoms with Crippen LogP contribution in [0.2, 0.25) is 10.0 Å². The molecule has 0 saturated carbocycles. The van der Waals surface area contributed by atoms with Gasteiger partial charge in [-0.3, -0.25) is 19.2 Å². The highest BCUT2D eigenvalue weighted by atomic mass is 35.5. The van der Waals surface area contributed by atoms with Crippen LogP contribution in [0.25, 0.3) is 10.9 Å². The number of hydrogen-bond acceptors (Lipinski definition) is 6. The lowest BCUT2D eigenvalue weighted by Gasteiger charge is -2.20. The van der Waals surface area contributed by atoms with Crippen LogP contribution >= 0.6 is 23.2 Å². The molecule has 1 heterocycles. The molecular formula is C28H28Cl2N2O7. The zero-order valence-corrected chi connectivity index (χ0v) is 23.1. The lowest BCUT2D eigenvalue weighted by molar-refractivity contribution is -0.141. The summed E-state index contributed by atoms with van der Waals surface area (Å²) in [4.78, 5) is 62.9. The maximum atomic E-state index is 13.3. The van der Waals surface area contributed by atoms with Crippen LogP contribution in [0.1, 0.15) is 52.6 Å². The molecule has 1 unspecified atom stereocenters. The number of rotatable bonds is 12. The quantitative estimate of drug-likeness (QED) is 0.235. The molecule has 0 spiro atoms. The molecule has 9 nitrogen and oxygen atoms in total. The maximum Gasteiger partial charge on any atom is 0.341 e. The van der Waals surface area contributed by atoms with Crippen LogP contribution in [0.4, 0.5) is 0 Å². The van der Waals surface area contributed by atoms with Gasteiger partial charge in [0.15, 0.2) is 18.2 Å². The van der Waals surface area contributed by atoms with E-state index in [2.05, 4.69) is 5.32 Å². The van der Waals surface area contributed by atoms with Crippen molar-refractivity contribution in [1.29, 1.82) is 0 Å². The zero-order valence-electron chi connectivity index (χ0n) is 21.6. The van der Waals surface area contributed by atoms with Crippen LogP contribution in [-0.2, 0) is 26.2 Å². The van der Waals surface area contributed by atoms with Gasteiger partial charge in [-0.1, -0.05) is 54.4 Å². The first kappa shape index (κ1) is 29.9. The standard InChI is InChI=1S/C28H28Cl2N2O7/c1-4-16(12-22(33)26-15(2)17-8-5-6-11-21(17)32(26)3)27(37)31-20(13-24(35)36)23(34)14-39-28(38)25-18(29)9-7-10-19(25)30/h5-11,16,20H,4,12-14H2,1-3H3,(H,31,37)(H,35,36)/t16?,20-/m0/s1. The second-order valence-corrected chi connectivity index (χ2v) is 9.89. The number of nitrogens with zero attached hydrogens (tertiary/aromatic N) is 1. The molecular weight excluding hydrogens is 547 g/mol. The second kappa shape index (κ2) is 12.9. The third-order valence-electron chi connectivity index (χ3n) is 6.52. The Morgan fingerprint density at radius 1 is 1.00 bits per heavy atom. The van der Waals surface area contributed by atoms with Crippen LogP contribution in [0.5, 0.6) is 0 Å². The van der Waals surface area contributed by atoms with Crippen molar-refractivity contribution in [3.63, 3.8) is 0 Å². The van der Waals surface area contributed by atoms with Crippen molar-refractivity contribution in [3.8, 4) is 0 Å². The van der Waals surface area contributed by atoms with Crippen LogP contribution in [0, 0.1) is 12.8 Å². The normalized spacial score (nSPS) is 12.5. The van der Waals surface area contributed by atoms with Crippen molar-refractivity contribution in [2.45, 2.75) is 39.2 Å². The molecule has 2 atom stereocenters. The van der Waals surface area contributed by atoms with Gasteiger partial charge < -0.3 is 19.7 Å². The van der Waals surface area contributed by atoms with Crippen molar-refractivity contribution in [3.05, 3.63) is 69.3 Å². The molecule has 206 valence electrons. The molecule has 0 aliphatic heterocycles. The Balaban J connectivity index is 1.71. The van der Waals surface area contributed by atoms with Crippen LogP contribution in [-0.4, -0.2) is 51.7 Å². The Bertz CT molecular complexity index is 1390. The molecule has 1 aromatic heterocycles. The third kappa shape index (κ3) is 6.85. The van der Waals surface area contributed by atoms with E-state index in [1.165, 1.54) is 18.2 Å². The molecule has 0 saturated heterocycles. The van der Waals surface area contributed by atoms with Crippen molar-refractivity contribution in [2.75, 3.05) is 6.61 Å². The minimum absolute atomic E-state index is 0.0205. The number of Topliss-reactive ketones (excluding diaryl/α,β-unsaturated/α-hetero) is 2. The number of para-hydroxylation sites is 1. The summed E-state index contributed by atoms with van der Waals surface area (Å²) in [6.45, 7) is 2.74. The molecule has 0 aliphatic carbocycles. The van der Waals surface area contributed by atoms with Gasteiger partial charge in [-0.05, 0) is 37.1 Å². The first-order valence-electron chi connectivity index (χ1n) is 12.2. The Kier molecular flexibility index (Phi) is 9.88. The van der Waals surface area contributed by atoms with Crippen LogP contribution in [0.3, 0.4) is 0 Å². The first-order chi connectivity index (χ1) is 18.5. The van der Waals surface area contributed by atoms with Crippen LogP contribution in [0.15, 0.2) is 42.5 Å².